The van der Waals surface area contributed by atoms with Gasteiger partial charge in [0.1, 0.15) is 18.1 Å². The third-order valence-electron chi connectivity index (χ3n) is 6.62. The molecule has 168 valence electrons. The van der Waals surface area contributed by atoms with Crippen LogP contribution in [0.1, 0.15) is 38.2 Å². The molecule has 9 nitrogen and oxygen atoms in total. The number of aromatic nitrogens is 2. The smallest absolute Gasteiger partial charge is 0.331 e. The number of carbonyl (C=O) groups is 2. The number of nitrogens with zero attached hydrogens (tertiary/aromatic N) is 5. The third-order valence-corrected chi connectivity index (χ3v) is 6.62. The van der Waals surface area contributed by atoms with E-state index in [1.807, 2.05) is 24.3 Å². The first-order valence-corrected chi connectivity index (χ1v) is 11.2. The number of amidine groups is 1. The van der Waals surface area contributed by atoms with Gasteiger partial charge in [0.05, 0.1) is 31.1 Å². The Hall–Kier alpha value is -3.36. The van der Waals surface area contributed by atoms with Gasteiger partial charge in [0.25, 0.3) is 0 Å². The zero-order chi connectivity index (χ0) is 22.2. The lowest BCUT2D eigenvalue weighted by molar-refractivity contribution is -0.121. The summed E-state index contributed by atoms with van der Waals surface area (Å²) < 4.78 is 6.95. The topological polar surface area (TPSA) is 92.1 Å². The minimum Gasteiger partial charge on any atom is -0.497 e. The van der Waals surface area contributed by atoms with Crippen molar-refractivity contribution in [1.29, 1.82) is 0 Å². The van der Waals surface area contributed by atoms with Crippen LogP contribution >= 0.6 is 0 Å². The number of amides is 3. The molecule has 9 heteroatoms. The second-order valence-electron chi connectivity index (χ2n) is 8.65. The van der Waals surface area contributed by atoms with Crippen LogP contribution in [0.15, 0.2) is 35.5 Å². The van der Waals surface area contributed by atoms with Crippen molar-refractivity contribution >= 4 is 23.6 Å². The van der Waals surface area contributed by atoms with Gasteiger partial charge in [0.2, 0.25) is 5.91 Å². The highest BCUT2D eigenvalue weighted by Gasteiger charge is 2.41. The minimum absolute atomic E-state index is 0.0549. The van der Waals surface area contributed by atoms with Gasteiger partial charge in [0, 0.05) is 12.6 Å². The molecule has 1 fully saturated rings. The average molecular weight is 437 g/mol. The van der Waals surface area contributed by atoms with Gasteiger partial charge in [0.15, 0.2) is 5.82 Å². The highest BCUT2D eigenvalue weighted by atomic mass is 16.5. The van der Waals surface area contributed by atoms with E-state index in [1.165, 1.54) is 11.3 Å². The molecule has 0 radical (unpaired) electrons. The van der Waals surface area contributed by atoms with E-state index in [4.69, 9.17) is 4.74 Å². The van der Waals surface area contributed by atoms with Crippen LogP contribution in [0.4, 0.5) is 10.6 Å². The van der Waals surface area contributed by atoms with Crippen molar-refractivity contribution in [1.82, 2.24) is 20.0 Å². The molecule has 1 aromatic heterocycles. The Kier molecular flexibility index (Phi) is 5.32. The van der Waals surface area contributed by atoms with Crippen molar-refractivity contribution in [2.45, 2.75) is 38.6 Å². The molecule has 3 amide bonds. The molecule has 32 heavy (non-hydrogen) atoms. The van der Waals surface area contributed by atoms with Gasteiger partial charge in [-0.25, -0.2) is 9.48 Å². The summed E-state index contributed by atoms with van der Waals surface area (Å²) >= 11 is 0. The Labute approximate surface area is 187 Å². The molecule has 2 aliphatic heterocycles. The van der Waals surface area contributed by atoms with E-state index in [0.29, 0.717) is 30.7 Å². The number of carbonyl (C=O) groups excluding carboxylic acids is 2. The Balaban J connectivity index is 1.47. The SMILES string of the molecule is COc1ccc(-n2ncc3c2N(CC(=O)NC2CCCCC2C)C(=O)N2CCN=C32)cc1. The quantitative estimate of drug-likeness (QED) is 0.780. The molecule has 0 saturated heterocycles. The summed E-state index contributed by atoms with van der Waals surface area (Å²) in [6, 6.07) is 7.36. The Bertz CT molecular complexity index is 1060. The van der Waals surface area contributed by atoms with Crippen molar-refractivity contribution < 1.29 is 14.3 Å². The van der Waals surface area contributed by atoms with Gasteiger partial charge >= 0.3 is 6.03 Å². The third kappa shape index (κ3) is 3.51. The van der Waals surface area contributed by atoms with Gasteiger partial charge in [-0.2, -0.15) is 5.10 Å². The predicted molar refractivity (Wildman–Crippen MR) is 121 cm³/mol. The first-order valence-electron chi connectivity index (χ1n) is 11.2. The fourth-order valence-electron chi connectivity index (χ4n) is 4.84. The molecular weight excluding hydrogens is 408 g/mol. The molecule has 3 aliphatic rings. The number of fused-ring (bicyclic) bond motifs is 3. The number of hydrogen-bond donors (Lipinski definition) is 1. The number of hydrogen-bond acceptors (Lipinski definition) is 5. The lowest BCUT2D eigenvalue weighted by atomic mass is 9.86. The van der Waals surface area contributed by atoms with Gasteiger partial charge in [-0.3, -0.25) is 19.6 Å². The van der Waals surface area contributed by atoms with E-state index in [2.05, 4.69) is 22.3 Å². The first-order chi connectivity index (χ1) is 15.6. The predicted octanol–water partition coefficient (Wildman–Crippen LogP) is 2.58. The van der Waals surface area contributed by atoms with Crippen LogP contribution in [0, 0.1) is 5.92 Å². The standard InChI is InChI=1S/C23H28N6O3/c1-15-5-3-4-6-19(15)26-20(30)14-28-22-18(21-24-11-12-27(21)23(28)31)13-25-29(22)16-7-9-17(32-2)10-8-16/h7-10,13,15,19H,3-6,11-12,14H2,1-2H3,(H,26,30). The Morgan fingerprint density at radius 1 is 1.22 bits per heavy atom. The van der Waals surface area contributed by atoms with E-state index in [9.17, 15) is 9.59 Å². The summed E-state index contributed by atoms with van der Waals surface area (Å²) in [5, 5.41) is 7.71. The van der Waals surface area contributed by atoms with Crippen molar-refractivity contribution in [3.05, 3.63) is 36.0 Å². The number of methoxy groups -OCH3 is 1. The van der Waals surface area contributed by atoms with E-state index in [1.54, 1.807) is 22.9 Å². The monoisotopic (exact) mass is 436 g/mol. The molecule has 1 aromatic carbocycles. The van der Waals surface area contributed by atoms with Crippen LogP contribution in [0.2, 0.25) is 0 Å². The summed E-state index contributed by atoms with van der Waals surface area (Å²) in [5.41, 5.74) is 1.54. The van der Waals surface area contributed by atoms with E-state index in [0.717, 1.165) is 36.3 Å². The van der Waals surface area contributed by atoms with Crippen LogP contribution < -0.4 is 15.0 Å². The molecule has 2 aromatic rings. The van der Waals surface area contributed by atoms with Crippen LogP contribution in [0.25, 0.3) is 5.69 Å². The molecule has 0 bridgehead atoms. The lowest BCUT2D eigenvalue weighted by Gasteiger charge is -2.35. The second-order valence-corrected chi connectivity index (χ2v) is 8.65. The number of urea groups is 1. The zero-order valence-electron chi connectivity index (χ0n) is 18.5. The molecule has 1 aliphatic carbocycles. The van der Waals surface area contributed by atoms with Gasteiger partial charge in [-0.1, -0.05) is 19.8 Å². The van der Waals surface area contributed by atoms with Crippen LogP contribution in [0.5, 0.6) is 5.75 Å². The Morgan fingerprint density at radius 3 is 2.75 bits per heavy atom. The van der Waals surface area contributed by atoms with Crippen molar-refractivity contribution in [3.63, 3.8) is 0 Å². The summed E-state index contributed by atoms with van der Waals surface area (Å²) in [6.45, 7) is 3.19. The number of aliphatic imine (C=N–C) groups is 1. The molecule has 1 saturated carbocycles. The fourth-order valence-corrected chi connectivity index (χ4v) is 4.84. The van der Waals surface area contributed by atoms with E-state index in [-0.39, 0.29) is 24.5 Å². The highest BCUT2D eigenvalue weighted by molar-refractivity contribution is 6.20. The van der Waals surface area contributed by atoms with Crippen molar-refractivity contribution in [2.75, 3.05) is 31.6 Å². The van der Waals surface area contributed by atoms with Crippen LogP contribution in [-0.4, -0.2) is 65.2 Å². The molecule has 2 unspecified atom stereocenters. The van der Waals surface area contributed by atoms with Gasteiger partial charge in [-0.05, 0) is 43.0 Å². The number of anilines is 1. The zero-order valence-corrected chi connectivity index (χ0v) is 18.5. The first kappa shape index (κ1) is 20.5. The lowest BCUT2D eigenvalue weighted by Crippen LogP contribution is -2.54. The van der Waals surface area contributed by atoms with Crippen LogP contribution in [0.3, 0.4) is 0 Å². The van der Waals surface area contributed by atoms with Gasteiger partial charge in [-0.15, -0.1) is 0 Å². The minimum atomic E-state index is -0.240. The van der Waals surface area contributed by atoms with E-state index < -0.39 is 0 Å². The molecule has 1 N–H and O–H groups in total. The molecule has 2 atom stereocenters. The average Bonchev–Trinajstić information content (AvgIpc) is 3.46. The number of nitrogens with one attached hydrogen (secondary N) is 1. The summed E-state index contributed by atoms with van der Waals surface area (Å²) in [5.74, 6) is 2.23. The second kappa shape index (κ2) is 8.29. The van der Waals surface area contributed by atoms with Crippen LogP contribution in [-0.2, 0) is 4.79 Å². The normalized spacial score (nSPS) is 22.3. The maximum atomic E-state index is 13.4. The van der Waals surface area contributed by atoms with Gasteiger partial charge < -0.3 is 10.1 Å². The summed E-state index contributed by atoms with van der Waals surface area (Å²) in [6.07, 6.45) is 6.16. The fraction of sp³-hybridized carbons (Fsp3) is 0.478. The number of ether oxygens (including phenoxy) is 1. The van der Waals surface area contributed by atoms with Crippen molar-refractivity contribution in [3.8, 4) is 11.4 Å². The summed E-state index contributed by atoms with van der Waals surface area (Å²) in [7, 11) is 1.61. The number of rotatable bonds is 5. The highest BCUT2D eigenvalue weighted by Crippen LogP contribution is 2.33. The maximum Gasteiger partial charge on any atom is 0.331 e. The number of benzene rings is 1. The molecule has 3 heterocycles. The Morgan fingerprint density at radius 2 is 2.00 bits per heavy atom. The summed E-state index contributed by atoms with van der Waals surface area (Å²) in [4.78, 5) is 34.1. The largest absolute Gasteiger partial charge is 0.497 e. The molecule has 0 spiro atoms. The van der Waals surface area contributed by atoms with Crippen molar-refractivity contribution in [2.24, 2.45) is 10.9 Å². The molecule has 5 rings (SSSR count). The van der Waals surface area contributed by atoms with E-state index >= 15 is 0 Å². The molecular formula is C23H28N6O3. The maximum absolute atomic E-state index is 13.4.